The van der Waals surface area contributed by atoms with Crippen molar-refractivity contribution in [2.45, 2.75) is 72.0 Å². The summed E-state index contributed by atoms with van der Waals surface area (Å²) in [6, 6.07) is 15.4. The summed E-state index contributed by atoms with van der Waals surface area (Å²) in [5.74, 6) is -0.233. The van der Waals surface area contributed by atoms with Gasteiger partial charge in [-0.15, -0.1) is 0 Å². The smallest absolute Gasteiger partial charge is 0.247 e. The van der Waals surface area contributed by atoms with Crippen LogP contribution in [-0.2, 0) is 20.9 Å². The number of aromatic nitrogens is 1. The summed E-state index contributed by atoms with van der Waals surface area (Å²) in [5, 5.41) is 9.83. The molecule has 2 N–H and O–H groups in total. The van der Waals surface area contributed by atoms with Crippen molar-refractivity contribution in [1.29, 1.82) is 0 Å². The molecule has 0 aliphatic heterocycles. The van der Waals surface area contributed by atoms with Crippen LogP contribution in [0.15, 0.2) is 59.1 Å². The van der Waals surface area contributed by atoms with E-state index in [9.17, 15) is 14.4 Å². The van der Waals surface area contributed by atoms with Gasteiger partial charge in [0.05, 0.1) is 0 Å². The lowest BCUT2D eigenvalue weighted by Gasteiger charge is -2.35. The van der Waals surface area contributed by atoms with Crippen LogP contribution in [-0.4, -0.2) is 33.3 Å². The SMILES string of the molecule is CCC(C)(C)NC(=O)C(c1ccccc1Cl)N(Cc1ccc(C)cc1)C(=O)CCC(=O)Nc1cc(C)on1. The summed E-state index contributed by atoms with van der Waals surface area (Å²) in [6.45, 7) is 9.70. The maximum atomic E-state index is 13.8. The Morgan fingerprint density at radius 3 is 2.34 bits per heavy atom. The molecule has 0 aliphatic rings. The highest BCUT2D eigenvalue weighted by Crippen LogP contribution is 2.31. The van der Waals surface area contributed by atoms with Crippen LogP contribution in [0.5, 0.6) is 0 Å². The van der Waals surface area contributed by atoms with Crippen LogP contribution in [0.3, 0.4) is 0 Å². The molecule has 3 amide bonds. The molecule has 0 spiro atoms. The largest absolute Gasteiger partial charge is 0.360 e. The van der Waals surface area contributed by atoms with E-state index in [4.69, 9.17) is 16.1 Å². The highest BCUT2D eigenvalue weighted by molar-refractivity contribution is 6.31. The molecule has 9 heteroatoms. The van der Waals surface area contributed by atoms with Gasteiger partial charge in [-0.2, -0.15) is 0 Å². The van der Waals surface area contributed by atoms with E-state index in [2.05, 4.69) is 15.8 Å². The molecular formula is C29H35ClN4O4. The zero-order valence-electron chi connectivity index (χ0n) is 22.5. The van der Waals surface area contributed by atoms with Crippen molar-refractivity contribution in [3.63, 3.8) is 0 Å². The molecule has 3 aromatic rings. The molecule has 8 nitrogen and oxygen atoms in total. The van der Waals surface area contributed by atoms with Crippen LogP contribution in [0.4, 0.5) is 5.82 Å². The summed E-state index contributed by atoms with van der Waals surface area (Å²) in [7, 11) is 0. The average molecular weight is 539 g/mol. The number of amides is 3. The number of halogens is 1. The number of nitrogens with one attached hydrogen (secondary N) is 2. The molecule has 38 heavy (non-hydrogen) atoms. The first-order chi connectivity index (χ1) is 18.0. The van der Waals surface area contributed by atoms with Gasteiger partial charge in [0.1, 0.15) is 11.8 Å². The Balaban J connectivity index is 1.93. The van der Waals surface area contributed by atoms with Gasteiger partial charge >= 0.3 is 0 Å². The molecule has 1 unspecified atom stereocenters. The molecule has 0 fully saturated rings. The van der Waals surface area contributed by atoms with E-state index >= 15 is 0 Å². The van der Waals surface area contributed by atoms with Crippen molar-refractivity contribution in [1.82, 2.24) is 15.4 Å². The second kappa shape index (κ2) is 12.7. The van der Waals surface area contributed by atoms with Crippen LogP contribution in [0.1, 0.15) is 68.5 Å². The molecule has 0 saturated heterocycles. The minimum Gasteiger partial charge on any atom is -0.360 e. The monoisotopic (exact) mass is 538 g/mol. The van der Waals surface area contributed by atoms with Gasteiger partial charge in [0, 0.05) is 41.6 Å². The third-order valence-corrected chi connectivity index (χ3v) is 6.70. The molecule has 1 heterocycles. The molecule has 2 aromatic carbocycles. The molecule has 1 aromatic heterocycles. The minimum atomic E-state index is -0.996. The van der Waals surface area contributed by atoms with Gasteiger partial charge < -0.3 is 20.1 Å². The average Bonchev–Trinajstić information content (AvgIpc) is 3.28. The number of hydrogen-bond acceptors (Lipinski definition) is 5. The molecule has 0 saturated carbocycles. The quantitative estimate of drug-likeness (QED) is 0.324. The van der Waals surface area contributed by atoms with Gasteiger partial charge in [-0.25, -0.2) is 0 Å². The number of nitrogens with zero attached hydrogens (tertiary/aromatic N) is 2. The maximum Gasteiger partial charge on any atom is 0.247 e. The third-order valence-electron chi connectivity index (χ3n) is 6.36. The summed E-state index contributed by atoms with van der Waals surface area (Å²) in [6.07, 6.45) is 0.494. The predicted octanol–water partition coefficient (Wildman–Crippen LogP) is 5.74. The van der Waals surface area contributed by atoms with E-state index in [1.54, 1.807) is 37.3 Å². The Morgan fingerprint density at radius 1 is 1.05 bits per heavy atom. The molecule has 0 aliphatic carbocycles. The molecule has 202 valence electrons. The number of benzene rings is 2. The fourth-order valence-corrected chi connectivity index (χ4v) is 4.09. The molecule has 3 rings (SSSR count). The second-order valence-electron chi connectivity index (χ2n) is 10.0. The van der Waals surface area contributed by atoms with E-state index < -0.39 is 11.6 Å². The van der Waals surface area contributed by atoms with E-state index in [0.29, 0.717) is 22.8 Å². The van der Waals surface area contributed by atoms with Crippen LogP contribution < -0.4 is 10.6 Å². The highest BCUT2D eigenvalue weighted by atomic mass is 35.5. The normalized spacial score (nSPS) is 12.1. The summed E-state index contributed by atoms with van der Waals surface area (Å²) in [4.78, 5) is 41.5. The Morgan fingerprint density at radius 2 is 1.74 bits per heavy atom. The Labute approximate surface area is 228 Å². The standard InChI is InChI=1S/C29H35ClN4O4/c1-6-29(4,5)32-28(37)27(22-9-7-8-10-23(22)30)34(18-21-13-11-19(2)12-14-21)26(36)16-15-25(35)31-24-17-20(3)38-33-24/h7-14,17,27H,6,15-16,18H2,1-5H3,(H,32,37)(H,31,33,35). The van der Waals surface area contributed by atoms with Gasteiger partial charge in [-0.1, -0.05) is 71.7 Å². The fourth-order valence-electron chi connectivity index (χ4n) is 3.85. The number of carbonyl (C=O) groups is 3. The third kappa shape index (κ3) is 7.92. The highest BCUT2D eigenvalue weighted by Gasteiger charge is 2.35. The van der Waals surface area contributed by atoms with E-state index in [1.807, 2.05) is 52.0 Å². The van der Waals surface area contributed by atoms with E-state index in [1.165, 1.54) is 4.90 Å². The fraction of sp³-hybridized carbons (Fsp3) is 0.379. The van der Waals surface area contributed by atoms with Crippen molar-refractivity contribution >= 4 is 35.1 Å². The van der Waals surface area contributed by atoms with Gasteiger partial charge in [-0.05, 0) is 45.7 Å². The lowest BCUT2D eigenvalue weighted by molar-refractivity contribution is -0.142. The van der Waals surface area contributed by atoms with Crippen LogP contribution in [0.2, 0.25) is 5.02 Å². The lowest BCUT2D eigenvalue weighted by atomic mass is 9.97. The number of rotatable bonds is 11. The Bertz CT molecular complexity index is 1270. The number of carbonyl (C=O) groups excluding carboxylic acids is 3. The van der Waals surface area contributed by atoms with Gasteiger partial charge in [-0.3, -0.25) is 14.4 Å². The first-order valence-corrected chi connectivity index (χ1v) is 13.0. The van der Waals surface area contributed by atoms with Crippen molar-refractivity contribution < 1.29 is 18.9 Å². The summed E-state index contributed by atoms with van der Waals surface area (Å²) >= 11 is 6.56. The van der Waals surface area contributed by atoms with Crippen molar-refractivity contribution in [2.75, 3.05) is 5.32 Å². The Kier molecular flexibility index (Phi) is 9.69. The van der Waals surface area contributed by atoms with Gasteiger partial charge in [0.15, 0.2) is 5.82 Å². The van der Waals surface area contributed by atoms with E-state index in [0.717, 1.165) is 11.1 Å². The predicted molar refractivity (Wildman–Crippen MR) is 148 cm³/mol. The van der Waals surface area contributed by atoms with Crippen molar-refractivity contribution in [3.8, 4) is 0 Å². The molecule has 0 radical (unpaired) electrons. The first-order valence-electron chi connectivity index (χ1n) is 12.6. The van der Waals surface area contributed by atoms with Crippen LogP contribution in [0, 0.1) is 13.8 Å². The van der Waals surface area contributed by atoms with Crippen LogP contribution in [0.25, 0.3) is 0 Å². The number of hydrogen-bond donors (Lipinski definition) is 2. The maximum absolute atomic E-state index is 13.8. The second-order valence-corrected chi connectivity index (χ2v) is 10.4. The minimum absolute atomic E-state index is 0.0908. The first kappa shape index (κ1) is 28.9. The van der Waals surface area contributed by atoms with Crippen molar-refractivity contribution in [2.24, 2.45) is 0 Å². The van der Waals surface area contributed by atoms with Crippen LogP contribution >= 0.6 is 11.6 Å². The molecular weight excluding hydrogens is 504 g/mol. The lowest BCUT2D eigenvalue weighted by Crippen LogP contribution is -2.50. The number of anilines is 1. The van der Waals surface area contributed by atoms with Crippen molar-refractivity contribution in [3.05, 3.63) is 82.1 Å². The van der Waals surface area contributed by atoms with Gasteiger partial charge in [0.2, 0.25) is 17.7 Å². The zero-order chi connectivity index (χ0) is 27.9. The summed E-state index contributed by atoms with van der Waals surface area (Å²) in [5.41, 5.74) is 1.95. The Hall–Kier alpha value is -3.65. The van der Waals surface area contributed by atoms with Gasteiger partial charge in [0.25, 0.3) is 0 Å². The summed E-state index contributed by atoms with van der Waals surface area (Å²) < 4.78 is 4.97. The van der Waals surface area contributed by atoms with E-state index in [-0.39, 0.29) is 42.9 Å². The molecule has 0 bridgehead atoms. The zero-order valence-corrected chi connectivity index (χ0v) is 23.3. The molecule has 1 atom stereocenters. The topological polar surface area (TPSA) is 105 Å². The number of aryl methyl sites for hydroxylation is 2.